The molecule has 0 amide bonds. The van der Waals surface area contributed by atoms with Crippen LogP contribution in [0.5, 0.6) is 0 Å². The van der Waals surface area contributed by atoms with Crippen LogP contribution in [0.15, 0.2) is 30.6 Å². The monoisotopic (exact) mass is 261 g/mol. The quantitative estimate of drug-likeness (QED) is 0.860. The highest BCUT2D eigenvalue weighted by molar-refractivity contribution is 5.87. The zero-order chi connectivity index (χ0) is 13.8. The van der Waals surface area contributed by atoms with Gasteiger partial charge in [-0.3, -0.25) is 4.98 Å². The Kier molecular flexibility index (Phi) is 3.70. The first-order chi connectivity index (χ1) is 9.10. The van der Waals surface area contributed by atoms with Gasteiger partial charge in [0.05, 0.1) is 19.5 Å². The topological polar surface area (TPSA) is 64.1 Å². The van der Waals surface area contributed by atoms with E-state index in [4.69, 9.17) is 0 Å². The van der Waals surface area contributed by atoms with Crippen LogP contribution in [0.3, 0.4) is 0 Å². The van der Waals surface area contributed by atoms with Crippen LogP contribution in [0.4, 0.5) is 15.9 Å². The van der Waals surface area contributed by atoms with Crippen molar-refractivity contribution in [1.82, 2.24) is 9.97 Å². The van der Waals surface area contributed by atoms with Crippen LogP contribution in [0.2, 0.25) is 0 Å². The number of hydrogen-bond acceptors (Lipinski definition) is 5. The highest BCUT2D eigenvalue weighted by Gasteiger charge is 2.09. The second-order valence-electron chi connectivity index (χ2n) is 3.87. The number of halogens is 1. The van der Waals surface area contributed by atoms with Crippen LogP contribution in [-0.2, 0) is 4.74 Å². The van der Waals surface area contributed by atoms with Gasteiger partial charge >= 0.3 is 5.97 Å². The molecule has 0 radical (unpaired) electrons. The Morgan fingerprint density at radius 3 is 2.84 bits per heavy atom. The summed E-state index contributed by atoms with van der Waals surface area (Å²) in [6.07, 6.45) is 2.78. The van der Waals surface area contributed by atoms with E-state index in [0.717, 1.165) is 5.56 Å². The minimum Gasteiger partial charge on any atom is -0.464 e. The summed E-state index contributed by atoms with van der Waals surface area (Å²) in [5.41, 5.74) is 1.52. The van der Waals surface area contributed by atoms with Gasteiger partial charge in [0.25, 0.3) is 0 Å². The Morgan fingerprint density at radius 1 is 1.37 bits per heavy atom. The molecular formula is C13H12FN3O2. The molecule has 0 saturated carbocycles. The zero-order valence-corrected chi connectivity index (χ0v) is 10.5. The summed E-state index contributed by atoms with van der Waals surface area (Å²) in [5, 5.41) is 2.97. The van der Waals surface area contributed by atoms with Crippen LogP contribution in [-0.4, -0.2) is 23.0 Å². The van der Waals surface area contributed by atoms with Gasteiger partial charge in [-0.2, -0.15) is 0 Å². The molecule has 6 heteroatoms. The highest BCUT2D eigenvalue weighted by atomic mass is 19.1. The lowest BCUT2D eigenvalue weighted by atomic mass is 10.2. The van der Waals surface area contributed by atoms with E-state index in [0.29, 0.717) is 11.5 Å². The van der Waals surface area contributed by atoms with E-state index in [-0.39, 0.29) is 11.5 Å². The molecule has 2 rings (SSSR count). The Bertz CT molecular complexity index is 617. The van der Waals surface area contributed by atoms with Gasteiger partial charge in [-0.25, -0.2) is 14.2 Å². The number of hydrogen-bond donors (Lipinski definition) is 1. The fourth-order valence-corrected chi connectivity index (χ4v) is 1.53. The number of aromatic nitrogens is 2. The first-order valence-electron chi connectivity index (χ1n) is 5.53. The third kappa shape index (κ3) is 3.04. The Balaban J connectivity index is 2.26. The normalized spacial score (nSPS) is 10.1. The second kappa shape index (κ2) is 5.43. The highest BCUT2D eigenvalue weighted by Crippen LogP contribution is 2.19. The van der Waals surface area contributed by atoms with Crippen molar-refractivity contribution in [3.05, 3.63) is 47.7 Å². The summed E-state index contributed by atoms with van der Waals surface area (Å²) in [7, 11) is 1.27. The fraction of sp³-hybridized carbons (Fsp3) is 0.154. The maximum atomic E-state index is 13.0. The smallest absolute Gasteiger partial charge is 0.358 e. The Labute approximate surface area is 109 Å². The summed E-state index contributed by atoms with van der Waals surface area (Å²) >= 11 is 0. The molecule has 0 aliphatic carbocycles. The number of methoxy groups -OCH3 is 1. The number of anilines is 2. The number of carbonyl (C=O) groups excluding carboxylic acids is 1. The minimum absolute atomic E-state index is 0.104. The van der Waals surface area contributed by atoms with Crippen molar-refractivity contribution in [1.29, 1.82) is 0 Å². The second-order valence-corrected chi connectivity index (χ2v) is 3.87. The van der Waals surface area contributed by atoms with Crippen LogP contribution in [0, 0.1) is 12.7 Å². The van der Waals surface area contributed by atoms with Crippen molar-refractivity contribution in [2.75, 3.05) is 12.4 Å². The summed E-state index contributed by atoms with van der Waals surface area (Å²) in [5.74, 6) is -0.484. The van der Waals surface area contributed by atoms with E-state index >= 15 is 0 Å². The molecule has 0 bridgehead atoms. The van der Waals surface area contributed by atoms with Gasteiger partial charge in [0.15, 0.2) is 5.69 Å². The molecule has 0 aliphatic heterocycles. The van der Waals surface area contributed by atoms with Crippen molar-refractivity contribution in [2.45, 2.75) is 6.92 Å². The molecule has 1 aromatic heterocycles. The molecule has 0 atom stereocenters. The first-order valence-corrected chi connectivity index (χ1v) is 5.53. The lowest BCUT2D eigenvalue weighted by Crippen LogP contribution is -2.07. The summed E-state index contributed by atoms with van der Waals surface area (Å²) in [4.78, 5) is 19.3. The maximum Gasteiger partial charge on any atom is 0.358 e. The van der Waals surface area contributed by atoms with E-state index in [1.807, 2.05) is 0 Å². The predicted molar refractivity (Wildman–Crippen MR) is 67.8 cm³/mol. The molecule has 19 heavy (non-hydrogen) atoms. The van der Waals surface area contributed by atoms with Crippen LogP contribution >= 0.6 is 0 Å². The zero-order valence-electron chi connectivity index (χ0n) is 10.5. The molecule has 0 saturated heterocycles. The van der Waals surface area contributed by atoms with E-state index in [1.165, 1.54) is 31.6 Å². The Hall–Kier alpha value is -2.50. The van der Waals surface area contributed by atoms with Crippen LogP contribution in [0.25, 0.3) is 0 Å². The van der Waals surface area contributed by atoms with Crippen LogP contribution < -0.4 is 5.32 Å². The fourth-order valence-electron chi connectivity index (χ4n) is 1.53. The van der Waals surface area contributed by atoms with Gasteiger partial charge in [-0.1, -0.05) is 0 Å². The van der Waals surface area contributed by atoms with E-state index in [2.05, 4.69) is 20.0 Å². The van der Waals surface area contributed by atoms with Gasteiger partial charge < -0.3 is 10.1 Å². The SMILES string of the molecule is COC(=O)c1cncc(Nc2ccc(F)cc2C)n1. The van der Waals surface area contributed by atoms with E-state index < -0.39 is 5.97 Å². The molecule has 5 nitrogen and oxygen atoms in total. The van der Waals surface area contributed by atoms with Gasteiger partial charge in [0, 0.05) is 5.69 Å². The van der Waals surface area contributed by atoms with Crippen molar-refractivity contribution >= 4 is 17.5 Å². The maximum absolute atomic E-state index is 13.0. The van der Waals surface area contributed by atoms with Crippen molar-refractivity contribution in [3.8, 4) is 0 Å². The molecule has 1 heterocycles. The lowest BCUT2D eigenvalue weighted by Gasteiger charge is -2.09. The third-order valence-corrected chi connectivity index (χ3v) is 2.48. The standard InChI is InChI=1S/C13H12FN3O2/c1-8-5-9(14)3-4-10(8)16-12-7-15-6-11(17-12)13(18)19-2/h3-7H,1-2H3,(H,16,17). The third-order valence-electron chi connectivity index (χ3n) is 2.48. The molecule has 1 aromatic carbocycles. The number of benzene rings is 1. The number of ether oxygens (including phenoxy) is 1. The molecule has 0 unspecified atom stereocenters. The average Bonchev–Trinajstić information content (AvgIpc) is 2.41. The molecule has 0 spiro atoms. The van der Waals surface area contributed by atoms with Gasteiger partial charge in [0.2, 0.25) is 0 Å². The molecule has 0 fully saturated rings. The number of rotatable bonds is 3. The summed E-state index contributed by atoms with van der Waals surface area (Å²) in [6.45, 7) is 1.77. The van der Waals surface area contributed by atoms with E-state index in [1.54, 1.807) is 13.0 Å². The predicted octanol–water partition coefficient (Wildman–Crippen LogP) is 2.45. The number of esters is 1. The van der Waals surface area contributed by atoms with Gasteiger partial charge in [0.1, 0.15) is 11.6 Å². The first kappa shape index (κ1) is 12.9. The number of nitrogens with one attached hydrogen (secondary N) is 1. The molecular weight excluding hydrogens is 249 g/mol. The number of aryl methyl sites for hydroxylation is 1. The van der Waals surface area contributed by atoms with Gasteiger partial charge in [-0.05, 0) is 30.7 Å². The molecule has 98 valence electrons. The Morgan fingerprint density at radius 2 is 2.16 bits per heavy atom. The van der Waals surface area contributed by atoms with Gasteiger partial charge in [-0.15, -0.1) is 0 Å². The number of carbonyl (C=O) groups is 1. The number of nitrogens with zero attached hydrogens (tertiary/aromatic N) is 2. The molecule has 2 aromatic rings. The molecule has 0 aliphatic rings. The summed E-state index contributed by atoms with van der Waals surface area (Å²) in [6, 6.07) is 4.34. The lowest BCUT2D eigenvalue weighted by molar-refractivity contribution is 0.0593. The minimum atomic E-state index is -0.563. The average molecular weight is 261 g/mol. The largest absolute Gasteiger partial charge is 0.464 e. The van der Waals surface area contributed by atoms with Crippen molar-refractivity contribution in [2.24, 2.45) is 0 Å². The molecule has 1 N–H and O–H groups in total. The summed E-state index contributed by atoms with van der Waals surface area (Å²) < 4.78 is 17.5. The van der Waals surface area contributed by atoms with E-state index in [9.17, 15) is 9.18 Å². The van der Waals surface area contributed by atoms with Crippen molar-refractivity contribution in [3.63, 3.8) is 0 Å². The van der Waals surface area contributed by atoms with Crippen LogP contribution in [0.1, 0.15) is 16.1 Å². The van der Waals surface area contributed by atoms with Crippen molar-refractivity contribution < 1.29 is 13.9 Å².